The minimum atomic E-state index is -1.14. The van der Waals surface area contributed by atoms with Crippen LogP contribution in [0.5, 0.6) is 0 Å². The van der Waals surface area contributed by atoms with E-state index < -0.39 is 23.6 Å². The van der Waals surface area contributed by atoms with E-state index in [2.05, 4.69) is 10.4 Å². The zero-order chi connectivity index (χ0) is 14.0. The molecule has 100 valence electrons. The summed E-state index contributed by atoms with van der Waals surface area (Å²) in [7, 11) is 0. The second-order valence-corrected chi connectivity index (χ2v) is 4.00. The zero-order valence-corrected chi connectivity index (χ0v) is 10.1. The van der Waals surface area contributed by atoms with Crippen LogP contribution in [0.4, 0.5) is 0 Å². The van der Waals surface area contributed by atoms with Crippen LogP contribution in [-0.4, -0.2) is 37.2 Å². The van der Waals surface area contributed by atoms with Crippen LogP contribution >= 0.6 is 0 Å². The Balaban J connectivity index is 2.18. The minimum Gasteiger partial charge on any atom is -0.480 e. The van der Waals surface area contributed by atoms with E-state index in [0.29, 0.717) is 5.65 Å². The molecule has 2 rings (SSSR count). The summed E-state index contributed by atoms with van der Waals surface area (Å²) in [6.45, 7) is 1.02. The van der Waals surface area contributed by atoms with Crippen molar-refractivity contribution in [2.24, 2.45) is 0 Å². The number of hydrogen-bond acceptors (Lipinski definition) is 4. The van der Waals surface area contributed by atoms with Crippen molar-refractivity contribution in [3.05, 3.63) is 34.9 Å². The van der Waals surface area contributed by atoms with Crippen LogP contribution < -0.4 is 11.0 Å². The van der Waals surface area contributed by atoms with Crippen molar-refractivity contribution in [2.45, 2.75) is 19.5 Å². The van der Waals surface area contributed by atoms with E-state index >= 15 is 0 Å². The van der Waals surface area contributed by atoms with E-state index in [0.717, 1.165) is 4.68 Å². The number of amides is 1. The Morgan fingerprint density at radius 1 is 1.47 bits per heavy atom. The molecular weight excluding hydrogens is 252 g/mol. The monoisotopic (exact) mass is 264 g/mol. The average Bonchev–Trinajstić information content (AvgIpc) is 2.66. The average molecular weight is 264 g/mol. The number of carbonyl (C=O) groups excluding carboxylic acids is 1. The van der Waals surface area contributed by atoms with E-state index in [1.54, 1.807) is 24.4 Å². The molecule has 1 atom stereocenters. The molecule has 0 aliphatic rings. The lowest BCUT2D eigenvalue weighted by Gasteiger charge is -2.08. The standard InChI is InChI=1S/C11H12N4O4/c1-7(10(17)18)12-9(16)6-15-11(19)14-5-3-2-4-8(14)13-15/h2-5,7H,6H2,1H3,(H,12,16)(H,17,18). The summed E-state index contributed by atoms with van der Waals surface area (Å²) in [5.41, 5.74) is -0.0275. The Kier molecular flexibility index (Phi) is 3.32. The second-order valence-electron chi connectivity index (χ2n) is 4.00. The Morgan fingerprint density at radius 3 is 2.84 bits per heavy atom. The second kappa shape index (κ2) is 4.92. The highest BCUT2D eigenvalue weighted by Gasteiger charge is 2.16. The topological polar surface area (TPSA) is 106 Å². The van der Waals surface area contributed by atoms with Crippen LogP contribution in [0, 0.1) is 0 Å². The summed E-state index contributed by atoms with van der Waals surface area (Å²) in [5, 5.41) is 14.9. The number of aromatic nitrogens is 3. The van der Waals surface area contributed by atoms with E-state index in [9.17, 15) is 14.4 Å². The highest BCUT2D eigenvalue weighted by Crippen LogP contribution is 1.95. The van der Waals surface area contributed by atoms with Gasteiger partial charge in [0.15, 0.2) is 5.65 Å². The molecule has 0 aliphatic carbocycles. The first-order valence-corrected chi connectivity index (χ1v) is 5.55. The third-order valence-electron chi connectivity index (χ3n) is 2.53. The van der Waals surface area contributed by atoms with Gasteiger partial charge in [-0.25, -0.2) is 9.48 Å². The lowest BCUT2D eigenvalue weighted by atomic mass is 10.3. The molecular formula is C11H12N4O4. The SMILES string of the molecule is CC(NC(=O)Cn1nc2ccccn2c1=O)C(=O)O. The first-order chi connectivity index (χ1) is 8.99. The van der Waals surface area contributed by atoms with E-state index in [-0.39, 0.29) is 6.54 Å². The number of nitrogens with zero attached hydrogens (tertiary/aromatic N) is 3. The van der Waals surface area contributed by atoms with Crippen molar-refractivity contribution in [1.82, 2.24) is 19.5 Å². The fraction of sp³-hybridized carbons (Fsp3) is 0.273. The van der Waals surface area contributed by atoms with Gasteiger partial charge in [-0.1, -0.05) is 6.07 Å². The summed E-state index contributed by atoms with van der Waals surface area (Å²) in [4.78, 5) is 34.0. The molecule has 0 saturated carbocycles. The molecule has 0 aromatic carbocycles. The smallest absolute Gasteiger partial charge is 0.350 e. The number of aliphatic carboxylic acids is 1. The predicted molar refractivity (Wildman–Crippen MR) is 64.7 cm³/mol. The summed E-state index contributed by atoms with van der Waals surface area (Å²) in [5.74, 6) is -1.73. The van der Waals surface area contributed by atoms with Crippen molar-refractivity contribution in [3.8, 4) is 0 Å². The molecule has 0 spiro atoms. The largest absolute Gasteiger partial charge is 0.480 e. The number of carboxylic acids is 1. The van der Waals surface area contributed by atoms with Gasteiger partial charge in [-0.2, -0.15) is 0 Å². The summed E-state index contributed by atoms with van der Waals surface area (Å²) in [6.07, 6.45) is 1.54. The molecule has 8 heteroatoms. The van der Waals surface area contributed by atoms with Gasteiger partial charge in [-0.05, 0) is 19.1 Å². The summed E-state index contributed by atoms with van der Waals surface area (Å²) in [6, 6.07) is 4.02. The maximum atomic E-state index is 11.9. The molecule has 0 bridgehead atoms. The van der Waals surface area contributed by atoms with Crippen LogP contribution in [-0.2, 0) is 16.1 Å². The Bertz CT molecular complexity index is 687. The lowest BCUT2D eigenvalue weighted by Crippen LogP contribution is -2.41. The van der Waals surface area contributed by atoms with Gasteiger partial charge in [0.05, 0.1) is 0 Å². The minimum absolute atomic E-state index is 0.321. The molecule has 2 aromatic heterocycles. The quantitative estimate of drug-likeness (QED) is 0.743. The molecule has 1 amide bonds. The molecule has 19 heavy (non-hydrogen) atoms. The fourth-order valence-electron chi connectivity index (χ4n) is 1.56. The number of fused-ring (bicyclic) bond motifs is 1. The zero-order valence-electron chi connectivity index (χ0n) is 10.1. The maximum absolute atomic E-state index is 11.9. The first-order valence-electron chi connectivity index (χ1n) is 5.55. The highest BCUT2D eigenvalue weighted by molar-refractivity contribution is 5.82. The van der Waals surface area contributed by atoms with E-state index in [4.69, 9.17) is 5.11 Å². The van der Waals surface area contributed by atoms with Crippen molar-refractivity contribution in [1.29, 1.82) is 0 Å². The molecule has 1 unspecified atom stereocenters. The predicted octanol–water partition coefficient (Wildman–Crippen LogP) is -0.915. The molecule has 0 radical (unpaired) electrons. The molecule has 0 saturated heterocycles. The number of pyridine rings is 1. The Labute approximate surface area is 107 Å². The summed E-state index contributed by atoms with van der Waals surface area (Å²) >= 11 is 0. The van der Waals surface area contributed by atoms with E-state index in [1.807, 2.05) is 0 Å². The van der Waals surface area contributed by atoms with Gasteiger partial charge in [-0.15, -0.1) is 5.10 Å². The Hall–Kier alpha value is -2.64. The van der Waals surface area contributed by atoms with Gasteiger partial charge in [0.1, 0.15) is 12.6 Å². The van der Waals surface area contributed by atoms with Crippen LogP contribution in [0.3, 0.4) is 0 Å². The van der Waals surface area contributed by atoms with Crippen molar-refractivity contribution in [3.63, 3.8) is 0 Å². The van der Waals surface area contributed by atoms with Crippen molar-refractivity contribution >= 4 is 17.5 Å². The van der Waals surface area contributed by atoms with Gasteiger partial charge in [0.2, 0.25) is 5.91 Å². The fourth-order valence-corrected chi connectivity index (χ4v) is 1.56. The van der Waals surface area contributed by atoms with Gasteiger partial charge in [0.25, 0.3) is 0 Å². The molecule has 0 aliphatic heterocycles. The maximum Gasteiger partial charge on any atom is 0.350 e. The van der Waals surface area contributed by atoms with Crippen LogP contribution in [0.25, 0.3) is 5.65 Å². The van der Waals surface area contributed by atoms with Gasteiger partial charge >= 0.3 is 11.7 Å². The molecule has 2 N–H and O–H groups in total. The third-order valence-corrected chi connectivity index (χ3v) is 2.53. The molecule has 8 nitrogen and oxygen atoms in total. The normalized spacial score (nSPS) is 12.3. The number of carbonyl (C=O) groups is 2. The van der Waals surface area contributed by atoms with E-state index in [1.165, 1.54) is 11.3 Å². The number of hydrogen-bond donors (Lipinski definition) is 2. The third kappa shape index (κ3) is 2.62. The number of rotatable bonds is 4. The first kappa shape index (κ1) is 12.8. The highest BCUT2D eigenvalue weighted by atomic mass is 16.4. The molecule has 2 heterocycles. The van der Waals surface area contributed by atoms with Crippen LogP contribution in [0.1, 0.15) is 6.92 Å². The lowest BCUT2D eigenvalue weighted by molar-refractivity contribution is -0.141. The molecule has 2 aromatic rings. The van der Waals surface area contributed by atoms with Crippen molar-refractivity contribution < 1.29 is 14.7 Å². The molecule has 0 fully saturated rings. The van der Waals surface area contributed by atoms with Gasteiger partial charge in [-0.3, -0.25) is 14.0 Å². The van der Waals surface area contributed by atoms with Gasteiger partial charge in [0, 0.05) is 6.20 Å². The van der Waals surface area contributed by atoms with Crippen LogP contribution in [0.2, 0.25) is 0 Å². The van der Waals surface area contributed by atoms with Crippen molar-refractivity contribution in [2.75, 3.05) is 0 Å². The Morgan fingerprint density at radius 2 is 2.21 bits per heavy atom. The number of carboxylic acid groups (broad SMARTS) is 1. The summed E-state index contributed by atoms with van der Waals surface area (Å²) < 4.78 is 2.28. The van der Waals surface area contributed by atoms with Crippen LogP contribution in [0.15, 0.2) is 29.2 Å². The van der Waals surface area contributed by atoms with Gasteiger partial charge < -0.3 is 10.4 Å². The number of nitrogens with one attached hydrogen (secondary N) is 1.